The molecule has 1 atom stereocenters. The zero-order valence-electron chi connectivity index (χ0n) is 15.8. The number of para-hydroxylation sites is 1. The lowest BCUT2D eigenvalue weighted by Gasteiger charge is -2.38. The highest BCUT2D eigenvalue weighted by atomic mass is 16.5. The van der Waals surface area contributed by atoms with Gasteiger partial charge in [0.25, 0.3) is 0 Å². The normalized spacial score (nSPS) is 17.4. The van der Waals surface area contributed by atoms with Crippen molar-refractivity contribution >= 4 is 6.03 Å². The largest absolute Gasteiger partial charge is 0.487 e. The fourth-order valence-corrected chi connectivity index (χ4v) is 3.39. The van der Waals surface area contributed by atoms with Gasteiger partial charge in [-0.3, -0.25) is 0 Å². The number of carbonyl (C=O) groups excluding carboxylic acids is 1. The average Bonchev–Trinajstić information content (AvgIpc) is 3.34. The fraction of sp³-hybridized carbons (Fsp3) is 0.350. The molecule has 2 amide bonds. The molecular weight excluding hydrogens is 360 g/mol. The Morgan fingerprint density at radius 1 is 1.14 bits per heavy atom. The van der Waals surface area contributed by atoms with Crippen LogP contribution in [-0.2, 0) is 13.1 Å². The second-order valence-corrected chi connectivity index (χ2v) is 7.42. The molecule has 1 aliphatic rings. The van der Waals surface area contributed by atoms with Crippen molar-refractivity contribution in [2.75, 3.05) is 0 Å². The summed E-state index contributed by atoms with van der Waals surface area (Å²) >= 11 is 0. The minimum absolute atomic E-state index is 0.162. The van der Waals surface area contributed by atoms with E-state index in [2.05, 4.69) is 15.3 Å². The van der Waals surface area contributed by atoms with E-state index < -0.39 is 0 Å². The molecule has 4 rings (SSSR count). The third kappa shape index (κ3) is 4.00. The van der Waals surface area contributed by atoms with E-state index in [-0.39, 0.29) is 17.7 Å². The van der Waals surface area contributed by atoms with E-state index in [0.717, 1.165) is 11.3 Å². The number of aromatic nitrogens is 2. The molecule has 0 saturated carbocycles. The minimum Gasteiger partial charge on any atom is -0.487 e. The Morgan fingerprint density at radius 3 is 2.39 bits per heavy atom. The Kier molecular flexibility index (Phi) is 4.77. The predicted molar refractivity (Wildman–Crippen MR) is 99.3 cm³/mol. The number of hydrogen-bond acceptors (Lipinski definition) is 6. The summed E-state index contributed by atoms with van der Waals surface area (Å²) in [4.78, 5) is 23.0. The molecule has 3 aromatic rings. The van der Waals surface area contributed by atoms with Gasteiger partial charge in [-0.1, -0.05) is 18.2 Å². The molecule has 1 aliphatic heterocycles. The number of rotatable bonds is 5. The first-order valence-electron chi connectivity index (χ1n) is 9.08. The van der Waals surface area contributed by atoms with Gasteiger partial charge in [-0.05, 0) is 19.9 Å². The Bertz CT molecular complexity index is 885. The number of benzene rings is 1. The van der Waals surface area contributed by atoms with Crippen LogP contribution >= 0.6 is 0 Å². The van der Waals surface area contributed by atoms with Crippen molar-refractivity contribution in [2.45, 2.75) is 45.0 Å². The topological polar surface area (TPSA) is 93.6 Å². The third-order valence-corrected chi connectivity index (χ3v) is 4.63. The first kappa shape index (κ1) is 18.1. The maximum Gasteiger partial charge on any atom is 0.318 e. The number of hydrogen-bond donors (Lipinski definition) is 1. The predicted octanol–water partition coefficient (Wildman–Crippen LogP) is 3.68. The lowest BCUT2D eigenvalue weighted by Crippen LogP contribution is -2.45. The highest BCUT2D eigenvalue weighted by Crippen LogP contribution is 2.39. The van der Waals surface area contributed by atoms with Gasteiger partial charge >= 0.3 is 6.03 Å². The van der Waals surface area contributed by atoms with Crippen LogP contribution in [0.25, 0.3) is 0 Å². The number of fused-ring (bicyclic) bond motifs is 1. The van der Waals surface area contributed by atoms with Crippen LogP contribution in [0.3, 0.4) is 0 Å². The molecule has 0 unspecified atom stereocenters. The van der Waals surface area contributed by atoms with E-state index >= 15 is 0 Å². The lowest BCUT2D eigenvalue weighted by molar-refractivity contribution is 0.0662. The van der Waals surface area contributed by atoms with Crippen LogP contribution in [0.2, 0.25) is 0 Å². The molecule has 2 aromatic heterocycles. The molecule has 8 nitrogen and oxygen atoms in total. The molecule has 1 N–H and O–H groups in total. The molecule has 0 saturated heterocycles. The highest BCUT2D eigenvalue weighted by Gasteiger charge is 2.35. The van der Waals surface area contributed by atoms with Crippen LogP contribution in [0.4, 0.5) is 4.79 Å². The van der Waals surface area contributed by atoms with E-state index in [0.29, 0.717) is 30.9 Å². The van der Waals surface area contributed by atoms with E-state index in [9.17, 15) is 4.79 Å². The SMILES string of the molecule is CC1(C)C[C@H](NC(=O)N(Cc2cocn2)Cc2cocn2)c2ccccc2O1. The number of ether oxygens (including phenoxy) is 1. The standard InChI is InChI=1S/C20H22N4O4/c1-20(2)7-17(16-5-3-4-6-18(16)28-20)23-19(25)24(8-14-10-26-12-21-14)9-15-11-27-13-22-15/h3-6,10-13,17H,7-9H2,1-2H3,(H,23,25)/t17-/m0/s1. The van der Waals surface area contributed by atoms with Gasteiger partial charge in [0.05, 0.1) is 30.5 Å². The first-order valence-corrected chi connectivity index (χ1v) is 9.08. The highest BCUT2D eigenvalue weighted by molar-refractivity contribution is 5.75. The number of oxazole rings is 2. The molecule has 0 radical (unpaired) electrons. The van der Waals surface area contributed by atoms with E-state index in [1.54, 1.807) is 4.90 Å². The number of carbonyl (C=O) groups is 1. The second kappa shape index (κ2) is 7.38. The van der Waals surface area contributed by atoms with Crippen LogP contribution in [0.15, 0.2) is 58.4 Å². The van der Waals surface area contributed by atoms with E-state index in [4.69, 9.17) is 13.6 Å². The lowest BCUT2D eigenvalue weighted by atomic mass is 9.90. The van der Waals surface area contributed by atoms with Crippen LogP contribution in [-0.4, -0.2) is 26.5 Å². The van der Waals surface area contributed by atoms with Crippen molar-refractivity contribution < 1.29 is 18.4 Å². The van der Waals surface area contributed by atoms with Crippen molar-refractivity contribution in [1.82, 2.24) is 20.2 Å². The molecule has 146 valence electrons. The second-order valence-electron chi connectivity index (χ2n) is 7.42. The number of amides is 2. The minimum atomic E-state index is -0.380. The Labute approximate surface area is 162 Å². The van der Waals surface area contributed by atoms with Crippen molar-refractivity contribution in [2.24, 2.45) is 0 Å². The molecule has 1 aromatic carbocycles. The van der Waals surface area contributed by atoms with E-state index in [1.807, 2.05) is 38.1 Å². The van der Waals surface area contributed by atoms with E-state index in [1.165, 1.54) is 25.3 Å². The first-order chi connectivity index (χ1) is 13.5. The van der Waals surface area contributed by atoms with Gasteiger partial charge < -0.3 is 23.8 Å². The Hall–Kier alpha value is -3.29. The number of urea groups is 1. The van der Waals surface area contributed by atoms with Gasteiger partial charge in [-0.2, -0.15) is 0 Å². The molecule has 0 spiro atoms. The summed E-state index contributed by atoms with van der Waals surface area (Å²) in [5.41, 5.74) is 1.91. The third-order valence-electron chi connectivity index (χ3n) is 4.63. The fourth-order valence-electron chi connectivity index (χ4n) is 3.39. The molecule has 3 heterocycles. The summed E-state index contributed by atoms with van der Waals surface area (Å²) in [5, 5.41) is 3.15. The molecular formula is C20H22N4O4. The maximum atomic E-state index is 13.1. The van der Waals surface area contributed by atoms with Crippen LogP contribution in [0.5, 0.6) is 5.75 Å². The number of nitrogens with zero attached hydrogens (tertiary/aromatic N) is 3. The van der Waals surface area contributed by atoms with Gasteiger partial charge in [-0.25, -0.2) is 14.8 Å². The summed E-state index contributed by atoms with van der Waals surface area (Å²) in [6.45, 7) is 4.63. The summed E-state index contributed by atoms with van der Waals surface area (Å²) in [5.74, 6) is 0.795. The summed E-state index contributed by atoms with van der Waals surface area (Å²) < 4.78 is 16.1. The molecule has 0 fully saturated rings. The Balaban J connectivity index is 1.55. The van der Waals surface area contributed by atoms with Crippen LogP contribution < -0.4 is 10.1 Å². The van der Waals surface area contributed by atoms with Crippen LogP contribution in [0, 0.1) is 0 Å². The van der Waals surface area contributed by atoms with Gasteiger partial charge in [-0.15, -0.1) is 0 Å². The van der Waals surface area contributed by atoms with Crippen LogP contribution in [0.1, 0.15) is 43.3 Å². The maximum absolute atomic E-state index is 13.1. The molecule has 28 heavy (non-hydrogen) atoms. The van der Waals surface area contributed by atoms with Gasteiger partial charge in [0.2, 0.25) is 0 Å². The summed E-state index contributed by atoms with van der Waals surface area (Å²) in [6.07, 6.45) is 6.40. The molecule has 0 aliphatic carbocycles. The summed E-state index contributed by atoms with van der Waals surface area (Å²) in [6, 6.07) is 7.41. The van der Waals surface area contributed by atoms with Gasteiger partial charge in [0.15, 0.2) is 12.8 Å². The number of nitrogens with one attached hydrogen (secondary N) is 1. The van der Waals surface area contributed by atoms with Gasteiger partial charge in [0.1, 0.15) is 23.9 Å². The van der Waals surface area contributed by atoms with Crippen molar-refractivity contribution in [3.8, 4) is 5.75 Å². The smallest absolute Gasteiger partial charge is 0.318 e. The van der Waals surface area contributed by atoms with Crippen molar-refractivity contribution in [3.05, 3.63) is 66.5 Å². The zero-order valence-corrected chi connectivity index (χ0v) is 15.8. The van der Waals surface area contributed by atoms with Gasteiger partial charge in [0, 0.05) is 12.0 Å². The monoisotopic (exact) mass is 382 g/mol. The molecule has 8 heteroatoms. The summed E-state index contributed by atoms with van der Waals surface area (Å²) in [7, 11) is 0. The molecule has 0 bridgehead atoms. The quantitative estimate of drug-likeness (QED) is 0.723. The zero-order chi connectivity index (χ0) is 19.6. The van der Waals surface area contributed by atoms with Crippen molar-refractivity contribution in [3.63, 3.8) is 0 Å². The average molecular weight is 382 g/mol. The Morgan fingerprint density at radius 2 is 1.79 bits per heavy atom. The van der Waals surface area contributed by atoms with Crippen molar-refractivity contribution in [1.29, 1.82) is 0 Å².